The monoisotopic (exact) mass is 352 g/mol. The molecule has 3 nitrogen and oxygen atoms in total. The van der Waals surface area contributed by atoms with Gasteiger partial charge in [0.2, 0.25) is 0 Å². The maximum Gasteiger partial charge on any atom is 0.328 e. The predicted octanol–water partition coefficient (Wildman–Crippen LogP) is 4.50. The minimum atomic E-state index is -0.980. The molecule has 1 heterocycles. The first-order valence-electron chi connectivity index (χ1n) is 5.92. The van der Waals surface area contributed by atoms with E-state index in [4.69, 9.17) is 9.84 Å². The lowest BCUT2D eigenvalue weighted by Crippen LogP contribution is -1.98. The molecular formula is C15H13BrO3S. The highest BCUT2D eigenvalue weighted by Crippen LogP contribution is 2.30. The number of rotatable bonds is 5. The van der Waals surface area contributed by atoms with Gasteiger partial charge < -0.3 is 9.84 Å². The van der Waals surface area contributed by atoms with Crippen LogP contribution < -0.4 is 4.74 Å². The Morgan fingerprint density at radius 1 is 1.50 bits per heavy atom. The van der Waals surface area contributed by atoms with Crippen LogP contribution in [-0.4, -0.2) is 11.1 Å². The van der Waals surface area contributed by atoms with E-state index in [1.165, 1.54) is 0 Å². The summed E-state index contributed by atoms with van der Waals surface area (Å²) in [4.78, 5) is 11.8. The summed E-state index contributed by atoms with van der Waals surface area (Å²) in [5.74, 6) is -0.272. The summed E-state index contributed by atoms with van der Waals surface area (Å²) in [6, 6.07) is 7.77. The van der Waals surface area contributed by atoms with E-state index in [2.05, 4.69) is 15.9 Å². The van der Waals surface area contributed by atoms with Gasteiger partial charge >= 0.3 is 5.97 Å². The van der Waals surface area contributed by atoms with Gasteiger partial charge in [0.15, 0.2) is 0 Å². The molecular weight excluding hydrogens is 340 g/mol. The SMILES string of the molecule is Cc1cc(Br)cc(/C=C/C(=O)O)c1OCc1cccs1. The van der Waals surface area contributed by atoms with Crippen LogP contribution in [0.3, 0.4) is 0 Å². The van der Waals surface area contributed by atoms with Crippen molar-refractivity contribution in [1.29, 1.82) is 0 Å². The third kappa shape index (κ3) is 3.95. The van der Waals surface area contributed by atoms with E-state index in [1.54, 1.807) is 17.4 Å². The molecule has 0 spiro atoms. The lowest BCUT2D eigenvalue weighted by atomic mass is 10.1. The number of carboxylic acids is 1. The van der Waals surface area contributed by atoms with Gasteiger partial charge in [0, 0.05) is 21.0 Å². The van der Waals surface area contributed by atoms with Gasteiger partial charge in [-0.1, -0.05) is 22.0 Å². The first-order valence-corrected chi connectivity index (χ1v) is 7.60. The van der Waals surface area contributed by atoms with Crippen molar-refractivity contribution in [2.45, 2.75) is 13.5 Å². The Balaban J connectivity index is 2.27. The third-order valence-corrected chi connectivity index (χ3v) is 3.92. The van der Waals surface area contributed by atoms with Crippen LogP contribution in [0.15, 0.2) is 40.2 Å². The van der Waals surface area contributed by atoms with E-state index in [1.807, 2.05) is 36.6 Å². The average Bonchev–Trinajstić information content (AvgIpc) is 2.88. The maximum absolute atomic E-state index is 10.7. The Bertz CT molecular complexity index is 633. The summed E-state index contributed by atoms with van der Waals surface area (Å²) >= 11 is 5.04. The first-order chi connectivity index (χ1) is 9.56. The summed E-state index contributed by atoms with van der Waals surface area (Å²) in [6.07, 6.45) is 2.66. The van der Waals surface area contributed by atoms with Crippen molar-refractivity contribution in [3.63, 3.8) is 0 Å². The molecule has 0 fully saturated rings. The smallest absolute Gasteiger partial charge is 0.328 e. The molecule has 0 unspecified atom stereocenters. The fraction of sp³-hybridized carbons (Fsp3) is 0.133. The molecule has 0 aliphatic rings. The van der Waals surface area contributed by atoms with E-state index in [-0.39, 0.29) is 0 Å². The standard InChI is InChI=1S/C15H13BrO3S/c1-10-7-12(16)8-11(4-5-14(17)18)15(10)19-9-13-3-2-6-20-13/h2-8H,9H2,1H3,(H,17,18)/b5-4+. The zero-order chi connectivity index (χ0) is 14.5. The molecule has 0 atom stereocenters. The van der Waals surface area contributed by atoms with Crippen molar-refractivity contribution in [1.82, 2.24) is 0 Å². The Hall–Kier alpha value is -1.59. The molecule has 0 saturated carbocycles. The van der Waals surface area contributed by atoms with Crippen LogP contribution in [0.4, 0.5) is 0 Å². The number of benzene rings is 1. The highest BCUT2D eigenvalue weighted by Gasteiger charge is 2.08. The number of aliphatic carboxylic acids is 1. The summed E-state index contributed by atoms with van der Waals surface area (Å²) in [7, 11) is 0. The van der Waals surface area contributed by atoms with Crippen molar-refractivity contribution in [3.05, 3.63) is 56.2 Å². The highest BCUT2D eigenvalue weighted by atomic mass is 79.9. The molecule has 1 N–H and O–H groups in total. The summed E-state index contributed by atoms with van der Waals surface area (Å²) in [5.41, 5.74) is 1.71. The average molecular weight is 353 g/mol. The largest absolute Gasteiger partial charge is 0.487 e. The zero-order valence-electron chi connectivity index (χ0n) is 10.8. The molecule has 0 bridgehead atoms. The topological polar surface area (TPSA) is 46.5 Å². The molecule has 1 aromatic carbocycles. The van der Waals surface area contributed by atoms with Crippen LogP contribution in [0.1, 0.15) is 16.0 Å². The second kappa shape index (κ2) is 6.72. The van der Waals surface area contributed by atoms with Gasteiger partial charge in [0.1, 0.15) is 12.4 Å². The van der Waals surface area contributed by atoms with Gasteiger partial charge in [-0.3, -0.25) is 0 Å². The van der Waals surface area contributed by atoms with E-state index >= 15 is 0 Å². The Labute approximate surface area is 129 Å². The molecule has 0 saturated heterocycles. The number of carbonyl (C=O) groups is 1. The van der Waals surface area contributed by atoms with Crippen LogP contribution >= 0.6 is 27.3 Å². The maximum atomic E-state index is 10.7. The molecule has 20 heavy (non-hydrogen) atoms. The number of carboxylic acid groups (broad SMARTS) is 1. The minimum absolute atomic E-state index is 0.480. The quantitative estimate of drug-likeness (QED) is 0.806. The second-order valence-electron chi connectivity index (χ2n) is 4.18. The first kappa shape index (κ1) is 14.8. The number of hydrogen-bond acceptors (Lipinski definition) is 3. The lowest BCUT2D eigenvalue weighted by molar-refractivity contribution is -0.131. The van der Waals surface area contributed by atoms with Crippen molar-refractivity contribution in [3.8, 4) is 5.75 Å². The summed E-state index contributed by atoms with van der Waals surface area (Å²) in [5, 5.41) is 10.7. The van der Waals surface area contributed by atoms with Crippen molar-refractivity contribution < 1.29 is 14.6 Å². The molecule has 5 heteroatoms. The molecule has 2 rings (SSSR count). The Morgan fingerprint density at radius 2 is 2.30 bits per heavy atom. The van der Waals surface area contributed by atoms with E-state index < -0.39 is 5.97 Å². The molecule has 1 aromatic heterocycles. The number of thiophene rings is 1. The summed E-state index contributed by atoms with van der Waals surface area (Å²) in [6.45, 7) is 2.42. The van der Waals surface area contributed by atoms with Crippen molar-refractivity contribution in [2.75, 3.05) is 0 Å². The van der Waals surface area contributed by atoms with E-state index in [0.29, 0.717) is 12.4 Å². The molecule has 0 aliphatic carbocycles. The number of aryl methyl sites for hydroxylation is 1. The number of ether oxygens (including phenoxy) is 1. The summed E-state index contributed by atoms with van der Waals surface area (Å²) < 4.78 is 6.74. The normalized spacial score (nSPS) is 10.9. The highest BCUT2D eigenvalue weighted by molar-refractivity contribution is 9.10. The predicted molar refractivity (Wildman–Crippen MR) is 84.2 cm³/mol. The third-order valence-electron chi connectivity index (χ3n) is 2.61. The zero-order valence-corrected chi connectivity index (χ0v) is 13.2. The minimum Gasteiger partial charge on any atom is -0.487 e. The van der Waals surface area contributed by atoms with Crippen LogP contribution in [0.5, 0.6) is 5.75 Å². The molecule has 0 radical (unpaired) electrons. The van der Waals surface area contributed by atoms with Gasteiger partial charge in [0.05, 0.1) is 0 Å². The van der Waals surface area contributed by atoms with Crippen LogP contribution in [0.2, 0.25) is 0 Å². The molecule has 0 aliphatic heterocycles. The van der Waals surface area contributed by atoms with E-state index in [0.717, 1.165) is 26.6 Å². The van der Waals surface area contributed by atoms with Crippen molar-refractivity contribution in [2.24, 2.45) is 0 Å². The van der Waals surface area contributed by atoms with Gasteiger partial charge in [-0.25, -0.2) is 4.79 Å². The number of halogens is 1. The van der Waals surface area contributed by atoms with Crippen LogP contribution in [-0.2, 0) is 11.4 Å². The lowest BCUT2D eigenvalue weighted by Gasteiger charge is -2.12. The Kier molecular flexibility index (Phi) is 4.98. The fourth-order valence-electron chi connectivity index (χ4n) is 1.78. The Morgan fingerprint density at radius 3 is 2.95 bits per heavy atom. The van der Waals surface area contributed by atoms with Crippen LogP contribution in [0, 0.1) is 6.92 Å². The van der Waals surface area contributed by atoms with Gasteiger partial charge in [-0.15, -0.1) is 11.3 Å². The van der Waals surface area contributed by atoms with Gasteiger partial charge in [-0.05, 0) is 42.1 Å². The molecule has 2 aromatic rings. The van der Waals surface area contributed by atoms with Gasteiger partial charge in [-0.2, -0.15) is 0 Å². The fourth-order valence-corrected chi connectivity index (χ4v) is 2.98. The van der Waals surface area contributed by atoms with Crippen molar-refractivity contribution >= 4 is 39.3 Å². The van der Waals surface area contributed by atoms with Crippen LogP contribution in [0.25, 0.3) is 6.08 Å². The van der Waals surface area contributed by atoms with E-state index in [9.17, 15) is 4.79 Å². The number of hydrogen-bond donors (Lipinski definition) is 1. The second-order valence-corrected chi connectivity index (χ2v) is 6.13. The molecule has 104 valence electrons. The van der Waals surface area contributed by atoms with Gasteiger partial charge in [0.25, 0.3) is 0 Å². The molecule has 0 amide bonds.